The molecule has 1 aliphatic heterocycles. The summed E-state index contributed by atoms with van der Waals surface area (Å²) in [6.45, 7) is 7.09. The minimum atomic E-state index is 0.0517. The van der Waals surface area contributed by atoms with E-state index in [1.165, 1.54) is 17.1 Å². The number of carbonyl (C=O) groups excluding carboxylic acids is 1. The van der Waals surface area contributed by atoms with Crippen LogP contribution in [0.5, 0.6) is 0 Å². The lowest BCUT2D eigenvalue weighted by atomic mass is 9.92. The van der Waals surface area contributed by atoms with Crippen LogP contribution in [0.15, 0.2) is 30.3 Å². The first-order valence-electron chi connectivity index (χ1n) is 8.38. The molecular formula is C18H24N4OS. The second-order valence-corrected chi connectivity index (χ2v) is 7.41. The predicted molar refractivity (Wildman–Crippen MR) is 96.0 cm³/mol. The highest BCUT2D eigenvalue weighted by Crippen LogP contribution is 2.25. The lowest BCUT2D eigenvalue weighted by Crippen LogP contribution is -2.50. The largest absolute Gasteiger partial charge is 0.338 e. The van der Waals surface area contributed by atoms with Crippen molar-refractivity contribution in [2.24, 2.45) is 5.92 Å². The summed E-state index contributed by atoms with van der Waals surface area (Å²) >= 11 is 1.19. The van der Waals surface area contributed by atoms with E-state index >= 15 is 0 Å². The fourth-order valence-corrected chi connectivity index (χ4v) is 4.16. The zero-order chi connectivity index (χ0) is 17.1. The standard InChI is InChI=1S/C18H24N4OS/c1-13-11-22(12-15-7-5-4-6-8-15)10-9-16(13)21(3)18(23)17-14(2)19-20-24-17/h4-8,13,16H,9-12H2,1-3H3/t13-,16-/m1/s1. The van der Waals surface area contributed by atoms with Gasteiger partial charge in [0.25, 0.3) is 5.91 Å². The van der Waals surface area contributed by atoms with Gasteiger partial charge in [0.1, 0.15) is 4.88 Å². The number of amides is 1. The molecule has 2 atom stereocenters. The van der Waals surface area contributed by atoms with Crippen LogP contribution in [0.25, 0.3) is 0 Å². The van der Waals surface area contributed by atoms with Crippen LogP contribution in [0.3, 0.4) is 0 Å². The Balaban J connectivity index is 1.61. The van der Waals surface area contributed by atoms with Crippen molar-refractivity contribution in [2.45, 2.75) is 32.9 Å². The summed E-state index contributed by atoms with van der Waals surface area (Å²) < 4.78 is 3.88. The van der Waals surface area contributed by atoms with Crippen molar-refractivity contribution in [3.63, 3.8) is 0 Å². The van der Waals surface area contributed by atoms with Crippen molar-refractivity contribution in [2.75, 3.05) is 20.1 Å². The molecule has 1 fully saturated rings. The van der Waals surface area contributed by atoms with Gasteiger partial charge in [-0.1, -0.05) is 41.7 Å². The lowest BCUT2D eigenvalue weighted by molar-refractivity contribution is 0.0501. The zero-order valence-electron chi connectivity index (χ0n) is 14.5. The summed E-state index contributed by atoms with van der Waals surface area (Å²) in [5.41, 5.74) is 2.07. The molecule has 1 aromatic heterocycles. The lowest BCUT2D eigenvalue weighted by Gasteiger charge is -2.41. The van der Waals surface area contributed by atoms with Gasteiger partial charge in [-0.05, 0) is 36.4 Å². The van der Waals surface area contributed by atoms with Crippen LogP contribution in [0.1, 0.15) is 34.3 Å². The molecule has 3 rings (SSSR count). The molecule has 0 bridgehead atoms. The molecular weight excluding hydrogens is 320 g/mol. The number of aryl methyl sites for hydroxylation is 1. The van der Waals surface area contributed by atoms with Crippen LogP contribution in [0, 0.1) is 12.8 Å². The second-order valence-electron chi connectivity index (χ2n) is 6.66. The number of hydrogen-bond acceptors (Lipinski definition) is 5. The van der Waals surface area contributed by atoms with Gasteiger partial charge in [-0.15, -0.1) is 5.10 Å². The number of likely N-dealkylation sites (tertiary alicyclic amines) is 1. The van der Waals surface area contributed by atoms with Crippen LogP contribution >= 0.6 is 11.5 Å². The molecule has 1 aromatic carbocycles. The summed E-state index contributed by atoms with van der Waals surface area (Å²) in [5.74, 6) is 0.494. The molecule has 2 aromatic rings. The third-order valence-electron chi connectivity index (χ3n) is 4.86. The first-order chi connectivity index (χ1) is 11.6. The van der Waals surface area contributed by atoms with E-state index in [1.54, 1.807) is 0 Å². The Morgan fingerprint density at radius 2 is 2.12 bits per heavy atom. The molecule has 0 spiro atoms. The Morgan fingerprint density at radius 1 is 1.38 bits per heavy atom. The van der Waals surface area contributed by atoms with Gasteiger partial charge < -0.3 is 4.90 Å². The Labute approximate surface area is 147 Å². The van der Waals surface area contributed by atoms with Crippen molar-refractivity contribution in [3.8, 4) is 0 Å². The van der Waals surface area contributed by atoms with E-state index in [1.807, 2.05) is 18.9 Å². The third kappa shape index (κ3) is 3.65. The van der Waals surface area contributed by atoms with Gasteiger partial charge in [0.2, 0.25) is 0 Å². The van der Waals surface area contributed by atoms with E-state index in [9.17, 15) is 4.79 Å². The Hall–Kier alpha value is -1.79. The summed E-state index contributed by atoms with van der Waals surface area (Å²) in [6, 6.07) is 10.8. The summed E-state index contributed by atoms with van der Waals surface area (Å²) in [6.07, 6.45) is 1.00. The number of rotatable bonds is 4. The quantitative estimate of drug-likeness (QED) is 0.856. The van der Waals surface area contributed by atoms with Crippen molar-refractivity contribution in [1.82, 2.24) is 19.4 Å². The van der Waals surface area contributed by atoms with Gasteiger partial charge in [0.05, 0.1) is 5.69 Å². The van der Waals surface area contributed by atoms with Crippen molar-refractivity contribution in [1.29, 1.82) is 0 Å². The monoisotopic (exact) mass is 344 g/mol. The molecule has 5 nitrogen and oxygen atoms in total. The maximum absolute atomic E-state index is 12.7. The molecule has 2 heterocycles. The molecule has 0 unspecified atom stereocenters. The van der Waals surface area contributed by atoms with Gasteiger partial charge in [-0.2, -0.15) is 0 Å². The summed E-state index contributed by atoms with van der Waals surface area (Å²) in [4.78, 5) is 17.7. The molecule has 0 aliphatic carbocycles. The van der Waals surface area contributed by atoms with E-state index in [0.717, 1.165) is 31.7 Å². The van der Waals surface area contributed by atoms with Crippen molar-refractivity contribution < 1.29 is 4.79 Å². The normalized spacial score (nSPS) is 21.6. The number of piperidine rings is 1. The highest BCUT2D eigenvalue weighted by Gasteiger charge is 2.32. The SMILES string of the molecule is Cc1nnsc1C(=O)N(C)[C@@H]1CCN(Cc2ccccc2)C[C@H]1C. The Bertz CT molecular complexity index is 687. The van der Waals surface area contributed by atoms with E-state index in [-0.39, 0.29) is 11.9 Å². The van der Waals surface area contributed by atoms with Gasteiger partial charge in [-0.3, -0.25) is 9.69 Å². The van der Waals surface area contributed by atoms with Gasteiger partial charge >= 0.3 is 0 Å². The minimum Gasteiger partial charge on any atom is -0.338 e. The Morgan fingerprint density at radius 3 is 2.75 bits per heavy atom. The average Bonchev–Trinajstić information content (AvgIpc) is 3.01. The molecule has 1 amide bonds. The van der Waals surface area contributed by atoms with Crippen LogP contribution in [0.4, 0.5) is 0 Å². The fourth-order valence-electron chi connectivity index (χ4n) is 3.52. The van der Waals surface area contributed by atoms with E-state index in [2.05, 4.69) is 51.7 Å². The highest BCUT2D eigenvalue weighted by atomic mass is 32.1. The van der Waals surface area contributed by atoms with Crippen LogP contribution in [-0.2, 0) is 6.54 Å². The smallest absolute Gasteiger partial charge is 0.267 e. The topological polar surface area (TPSA) is 49.3 Å². The molecule has 128 valence electrons. The van der Waals surface area contributed by atoms with Gasteiger partial charge in [-0.25, -0.2) is 0 Å². The van der Waals surface area contributed by atoms with Gasteiger partial charge in [0, 0.05) is 32.7 Å². The van der Waals surface area contributed by atoms with Crippen LogP contribution in [-0.4, -0.2) is 51.5 Å². The van der Waals surface area contributed by atoms with Gasteiger partial charge in [0.15, 0.2) is 0 Å². The average molecular weight is 344 g/mol. The number of benzene rings is 1. The number of carbonyl (C=O) groups is 1. The highest BCUT2D eigenvalue weighted by molar-refractivity contribution is 7.07. The first kappa shape index (κ1) is 17.0. The zero-order valence-corrected chi connectivity index (χ0v) is 15.3. The molecule has 1 saturated heterocycles. The summed E-state index contributed by atoms with van der Waals surface area (Å²) in [7, 11) is 1.91. The molecule has 24 heavy (non-hydrogen) atoms. The fraction of sp³-hybridized carbons (Fsp3) is 0.500. The molecule has 1 aliphatic rings. The van der Waals surface area contributed by atoms with Crippen LogP contribution < -0.4 is 0 Å². The Kier molecular flexibility index (Phi) is 5.26. The third-order valence-corrected chi connectivity index (χ3v) is 5.67. The predicted octanol–water partition coefficient (Wildman–Crippen LogP) is 2.83. The van der Waals surface area contributed by atoms with E-state index < -0.39 is 0 Å². The number of aromatic nitrogens is 2. The molecule has 0 saturated carbocycles. The van der Waals surface area contributed by atoms with Crippen molar-refractivity contribution in [3.05, 3.63) is 46.5 Å². The maximum atomic E-state index is 12.7. The van der Waals surface area contributed by atoms with Crippen molar-refractivity contribution >= 4 is 17.4 Å². The maximum Gasteiger partial charge on any atom is 0.267 e. The first-order valence-corrected chi connectivity index (χ1v) is 9.16. The number of hydrogen-bond donors (Lipinski definition) is 0. The molecule has 0 radical (unpaired) electrons. The van der Waals surface area contributed by atoms with Crippen LogP contribution in [0.2, 0.25) is 0 Å². The summed E-state index contributed by atoms with van der Waals surface area (Å²) in [5, 5.41) is 3.96. The second kappa shape index (κ2) is 7.40. The molecule has 6 heteroatoms. The van der Waals surface area contributed by atoms with E-state index in [4.69, 9.17) is 0 Å². The molecule has 0 N–H and O–H groups in total. The number of nitrogens with zero attached hydrogens (tertiary/aromatic N) is 4. The van der Waals surface area contributed by atoms with E-state index in [0.29, 0.717) is 10.8 Å². The minimum absolute atomic E-state index is 0.0517.